The van der Waals surface area contributed by atoms with E-state index in [4.69, 9.17) is 4.74 Å². The van der Waals surface area contributed by atoms with E-state index in [1.807, 2.05) is 6.07 Å². The molecule has 1 unspecified atom stereocenters. The fourth-order valence-corrected chi connectivity index (χ4v) is 2.43. The van der Waals surface area contributed by atoms with E-state index >= 15 is 0 Å². The third kappa shape index (κ3) is 1.81. The summed E-state index contributed by atoms with van der Waals surface area (Å²) >= 11 is 0. The van der Waals surface area contributed by atoms with Crippen LogP contribution in [0.15, 0.2) is 18.2 Å². The van der Waals surface area contributed by atoms with Gasteiger partial charge in [-0.15, -0.1) is 0 Å². The summed E-state index contributed by atoms with van der Waals surface area (Å²) in [6.45, 7) is 5.64. The number of nitrogens with one attached hydrogen (secondary N) is 1. The van der Waals surface area contributed by atoms with E-state index in [1.165, 1.54) is 17.7 Å². The van der Waals surface area contributed by atoms with Crippen molar-refractivity contribution in [1.29, 1.82) is 0 Å². The van der Waals surface area contributed by atoms with Crippen LogP contribution in [0.1, 0.15) is 31.7 Å². The van der Waals surface area contributed by atoms with Gasteiger partial charge in [0.15, 0.2) is 0 Å². The van der Waals surface area contributed by atoms with Crippen LogP contribution >= 0.6 is 0 Å². The number of benzene rings is 1. The average Bonchev–Trinajstić information content (AvgIpc) is 2.27. The molecule has 0 aromatic heterocycles. The molecule has 0 aliphatic carbocycles. The number of rotatable bonds is 2. The normalized spacial score (nSPS) is 19.6. The third-order valence-corrected chi connectivity index (χ3v) is 3.23. The number of ether oxygens (including phenoxy) is 1. The maximum absolute atomic E-state index is 5.45. The highest BCUT2D eigenvalue weighted by atomic mass is 16.5. The molecule has 1 N–H and O–H groups in total. The van der Waals surface area contributed by atoms with Crippen molar-refractivity contribution < 1.29 is 4.74 Å². The summed E-state index contributed by atoms with van der Waals surface area (Å²) in [5.74, 6) is 2.32. The summed E-state index contributed by atoms with van der Waals surface area (Å²) in [5.41, 5.74) is 2.61. The Kier molecular flexibility index (Phi) is 2.85. The molecule has 0 spiro atoms. The van der Waals surface area contributed by atoms with Crippen LogP contribution in [0.2, 0.25) is 0 Å². The molecule has 2 heteroatoms. The van der Waals surface area contributed by atoms with Gasteiger partial charge in [0.2, 0.25) is 0 Å². The summed E-state index contributed by atoms with van der Waals surface area (Å²) < 4.78 is 5.45. The van der Waals surface area contributed by atoms with Crippen LogP contribution in [0.4, 0.5) is 5.69 Å². The molecular weight excluding hydrogens is 186 g/mol. The first-order chi connectivity index (χ1) is 7.24. The largest absolute Gasteiger partial charge is 0.496 e. The predicted octanol–water partition coefficient (Wildman–Crippen LogP) is 3.25. The Morgan fingerprint density at radius 1 is 1.40 bits per heavy atom. The molecule has 1 aromatic carbocycles. The molecule has 1 atom stereocenters. The predicted molar refractivity (Wildman–Crippen MR) is 63.7 cm³/mol. The van der Waals surface area contributed by atoms with Crippen molar-refractivity contribution in [3.8, 4) is 5.75 Å². The smallest absolute Gasteiger partial charge is 0.124 e. The van der Waals surface area contributed by atoms with Crippen molar-refractivity contribution in [1.82, 2.24) is 0 Å². The van der Waals surface area contributed by atoms with Crippen molar-refractivity contribution in [2.24, 2.45) is 5.92 Å². The minimum atomic E-state index is 0.623. The van der Waals surface area contributed by atoms with Crippen molar-refractivity contribution in [3.63, 3.8) is 0 Å². The van der Waals surface area contributed by atoms with Crippen molar-refractivity contribution in [2.45, 2.75) is 26.2 Å². The van der Waals surface area contributed by atoms with Gasteiger partial charge in [0, 0.05) is 17.8 Å². The molecule has 0 radical (unpaired) electrons. The molecule has 0 saturated heterocycles. The average molecular weight is 205 g/mol. The van der Waals surface area contributed by atoms with E-state index in [-0.39, 0.29) is 0 Å². The number of fused-ring (bicyclic) bond motifs is 1. The van der Waals surface area contributed by atoms with E-state index in [2.05, 4.69) is 31.3 Å². The van der Waals surface area contributed by atoms with Gasteiger partial charge in [-0.3, -0.25) is 0 Å². The zero-order chi connectivity index (χ0) is 10.8. The van der Waals surface area contributed by atoms with Gasteiger partial charge < -0.3 is 10.1 Å². The Labute approximate surface area is 91.6 Å². The first kappa shape index (κ1) is 10.3. The Morgan fingerprint density at radius 2 is 2.20 bits per heavy atom. The highest BCUT2D eigenvalue weighted by Crippen LogP contribution is 2.41. The second-order valence-corrected chi connectivity index (χ2v) is 4.49. The minimum absolute atomic E-state index is 0.623. The molecule has 2 nitrogen and oxygen atoms in total. The van der Waals surface area contributed by atoms with E-state index in [9.17, 15) is 0 Å². The summed E-state index contributed by atoms with van der Waals surface area (Å²) in [5, 5.41) is 3.44. The molecule has 15 heavy (non-hydrogen) atoms. The molecule has 82 valence electrons. The lowest BCUT2D eigenvalue weighted by Gasteiger charge is -2.30. The van der Waals surface area contributed by atoms with Gasteiger partial charge in [0.25, 0.3) is 0 Å². The van der Waals surface area contributed by atoms with Gasteiger partial charge in [0.05, 0.1) is 7.11 Å². The molecule has 0 fully saturated rings. The summed E-state index contributed by atoms with van der Waals surface area (Å²) in [6, 6.07) is 6.25. The van der Waals surface area contributed by atoms with Crippen molar-refractivity contribution in [3.05, 3.63) is 23.8 Å². The molecule has 0 bridgehead atoms. The first-order valence-corrected chi connectivity index (χ1v) is 5.64. The van der Waals surface area contributed by atoms with Gasteiger partial charge in [-0.1, -0.05) is 19.9 Å². The highest BCUT2D eigenvalue weighted by Gasteiger charge is 2.25. The molecule has 0 amide bonds. The second kappa shape index (κ2) is 4.13. The van der Waals surface area contributed by atoms with Gasteiger partial charge in [-0.25, -0.2) is 0 Å². The van der Waals surface area contributed by atoms with E-state index in [0.29, 0.717) is 11.8 Å². The van der Waals surface area contributed by atoms with Gasteiger partial charge >= 0.3 is 0 Å². The first-order valence-electron chi connectivity index (χ1n) is 5.64. The zero-order valence-electron chi connectivity index (χ0n) is 9.71. The van der Waals surface area contributed by atoms with E-state index in [0.717, 1.165) is 12.3 Å². The summed E-state index contributed by atoms with van der Waals surface area (Å²) in [7, 11) is 1.75. The lowest BCUT2D eigenvalue weighted by molar-refractivity contribution is 0.388. The topological polar surface area (TPSA) is 21.3 Å². The fourth-order valence-electron chi connectivity index (χ4n) is 2.43. The lowest BCUT2D eigenvalue weighted by Crippen LogP contribution is -2.20. The summed E-state index contributed by atoms with van der Waals surface area (Å²) in [6.07, 6.45) is 1.20. The van der Waals surface area contributed by atoms with Crippen LogP contribution in [0.3, 0.4) is 0 Å². The van der Waals surface area contributed by atoms with Gasteiger partial charge in [0.1, 0.15) is 5.75 Å². The standard InChI is InChI=1S/C13H19NO/c1-9(2)10-7-8-14-11-5-4-6-12(15-3)13(10)11/h4-6,9-10,14H,7-8H2,1-3H3. The Hall–Kier alpha value is -1.18. The second-order valence-electron chi connectivity index (χ2n) is 4.49. The molecule has 0 saturated carbocycles. The number of hydrogen-bond acceptors (Lipinski definition) is 2. The Morgan fingerprint density at radius 3 is 2.87 bits per heavy atom. The molecular formula is C13H19NO. The van der Waals surface area contributed by atoms with Gasteiger partial charge in [-0.2, -0.15) is 0 Å². The van der Waals surface area contributed by atoms with Crippen molar-refractivity contribution in [2.75, 3.05) is 19.0 Å². The summed E-state index contributed by atoms with van der Waals surface area (Å²) in [4.78, 5) is 0. The van der Waals surface area contributed by atoms with Crippen LogP contribution in [0, 0.1) is 5.92 Å². The third-order valence-electron chi connectivity index (χ3n) is 3.23. The molecule has 1 aromatic rings. The molecule has 1 heterocycles. The van der Waals surface area contributed by atoms with Crippen LogP contribution in [-0.4, -0.2) is 13.7 Å². The van der Waals surface area contributed by atoms with Gasteiger partial charge in [-0.05, 0) is 30.4 Å². The quantitative estimate of drug-likeness (QED) is 0.800. The maximum atomic E-state index is 5.45. The van der Waals surface area contributed by atoms with Crippen molar-refractivity contribution >= 4 is 5.69 Å². The van der Waals surface area contributed by atoms with E-state index in [1.54, 1.807) is 7.11 Å². The lowest BCUT2D eigenvalue weighted by atomic mass is 9.82. The van der Waals surface area contributed by atoms with E-state index < -0.39 is 0 Å². The monoisotopic (exact) mass is 205 g/mol. The highest BCUT2D eigenvalue weighted by molar-refractivity contribution is 5.61. The van der Waals surface area contributed by atoms with Crippen LogP contribution < -0.4 is 10.1 Å². The molecule has 1 aliphatic heterocycles. The fraction of sp³-hybridized carbons (Fsp3) is 0.538. The molecule has 2 rings (SSSR count). The zero-order valence-corrected chi connectivity index (χ0v) is 9.71. The number of methoxy groups -OCH3 is 1. The Bertz CT molecular complexity index is 332. The minimum Gasteiger partial charge on any atom is -0.496 e. The number of hydrogen-bond donors (Lipinski definition) is 1. The van der Waals surface area contributed by atoms with Crippen LogP contribution in [-0.2, 0) is 0 Å². The molecule has 1 aliphatic rings. The number of anilines is 1. The maximum Gasteiger partial charge on any atom is 0.124 e. The van der Waals surface area contributed by atoms with Crippen LogP contribution in [0.5, 0.6) is 5.75 Å². The van der Waals surface area contributed by atoms with Crippen LogP contribution in [0.25, 0.3) is 0 Å². The Balaban J connectivity index is 2.47. The SMILES string of the molecule is COc1cccc2c1C(C(C)C)CCN2.